The number of methoxy groups -OCH3 is 1. The number of fused-ring (bicyclic) bond motifs is 1. The second-order valence-electron chi connectivity index (χ2n) is 7.04. The summed E-state index contributed by atoms with van der Waals surface area (Å²) in [4.78, 5) is 11.0. The van der Waals surface area contributed by atoms with E-state index in [1.807, 2.05) is 0 Å². The van der Waals surface area contributed by atoms with Crippen LogP contribution in [0.25, 0.3) is 11.0 Å². The zero-order valence-electron chi connectivity index (χ0n) is 17.5. The number of rotatable bonds is 7. The summed E-state index contributed by atoms with van der Waals surface area (Å²) < 4.78 is 67.7. The number of hydrogen-bond donors (Lipinski definition) is 2. The molecule has 0 fully saturated rings. The lowest BCUT2D eigenvalue weighted by Crippen LogP contribution is -2.16. The molecule has 0 radical (unpaired) electrons. The Bertz CT molecular complexity index is 1650. The Kier molecular flexibility index (Phi) is 6.39. The number of anilines is 2. The Balaban J connectivity index is 1.67. The molecule has 4 rings (SSSR count). The minimum absolute atomic E-state index is 0.0108. The number of benzene rings is 3. The molecule has 176 valence electrons. The fourth-order valence-corrected chi connectivity index (χ4v) is 5.71. The van der Waals surface area contributed by atoms with Crippen molar-refractivity contribution in [2.45, 2.75) is 9.79 Å². The van der Waals surface area contributed by atoms with E-state index in [4.69, 9.17) is 9.15 Å². The molecule has 0 aliphatic heterocycles. The highest BCUT2D eigenvalue weighted by Gasteiger charge is 2.22. The van der Waals surface area contributed by atoms with Crippen molar-refractivity contribution in [1.82, 2.24) is 0 Å². The predicted octanol–water partition coefficient (Wildman–Crippen LogP) is 4.17. The van der Waals surface area contributed by atoms with E-state index in [9.17, 15) is 21.6 Å². The van der Waals surface area contributed by atoms with Crippen molar-refractivity contribution in [2.75, 3.05) is 16.6 Å². The van der Waals surface area contributed by atoms with E-state index in [-0.39, 0.29) is 26.8 Å². The summed E-state index contributed by atoms with van der Waals surface area (Å²) >= 11 is 3.28. The predicted molar refractivity (Wildman–Crippen MR) is 131 cm³/mol. The van der Waals surface area contributed by atoms with Gasteiger partial charge in [0.1, 0.15) is 16.2 Å². The van der Waals surface area contributed by atoms with Gasteiger partial charge in [-0.15, -0.1) is 0 Å². The van der Waals surface area contributed by atoms with Gasteiger partial charge in [-0.25, -0.2) is 21.6 Å². The molecule has 4 aromatic rings. The minimum atomic E-state index is -4.11. The van der Waals surface area contributed by atoms with Gasteiger partial charge in [0.05, 0.1) is 17.7 Å². The summed E-state index contributed by atoms with van der Waals surface area (Å²) in [5.41, 5.74) is 0.0176. The maximum atomic E-state index is 13.0. The number of hydrogen-bond acceptors (Lipinski definition) is 7. The van der Waals surface area contributed by atoms with Gasteiger partial charge in [0.25, 0.3) is 20.0 Å². The molecule has 0 aliphatic rings. The van der Waals surface area contributed by atoms with Crippen LogP contribution in [-0.2, 0) is 20.0 Å². The van der Waals surface area contributed by atoms with Crippen LogP contribution in [0, 0.1) is 0 Å². The van der Waals surface area contributed by atoms with Gasteiger partial charge >= 0.3 is 5.63 Å². The van der Waals surface area contributed by atoms with E-state index in [2.05, 4.69) is 25.4 Å². The molecule has 0 spiro atoms. The van der Waals surface area contributed by atoms with Crippen molar-refractivity contribution < 1.29 is 26.0 Å². The van der Waals surface area contributed by atoms with E-state index < -0.39 is 25.7 Å². The smallest absolute Gasteiger partial charge is 0.336 e. The highest BCUT2D eigenvalue weighted by molar-refractivity contribution is 9.10. The summed E-state index contributed by atoms with van der Waals surface area (Å²) in [6.45, 7) is 0. The van der Waals surface area contributed by atoms with E-state index in [1.54, 1.807) is 24.3 Å². The molecular weight excluding hydrogens is 548 g/mol. The molecule has 0 bridgehead atoms. The Morgan fingerprint density at radius 1 is 0.794 bits per heavy atom. The molecule has 1 heterocycles. The largest absolute Gasteiger partial charge is 0.495 e. The van der Waals surface area contributed by atoms with Crippen LogP contribution in [0.3, 0.4) is 0 Å². The molecule has 0 amide bonds. The van der Waals surface area contributed by atoms with Gasteiger partial charge in [-0.2, -0.15) is 0 Å². The summed E-state index contributed by atoms with van der Waals surface area (Å²) in [7, 11) is -6.89. The van der Waals surface area contributed by atoms with Crippen LogP contribution < -0.4 is 19.8 Å². The number of sulfonamides is 2. The average molecular weight is 565 g/mol. The molecule has 9 nitrogen and oxygen atoms in total. The van der Waals surface area contributed by atoms with Crippen LogP contribution in [-0.4, -0.2) is 23.9 Å². The quantitative estimate of drug-likeness (QED) is 0.322. The second kappa shape index (κ2) is 9.12. The van der Waals surface area contributed by atoms with E-state index in [1.165, 1.54) is 49.6 Å². The first-order valence-corrected chi connectivity index (χ1v) is 13.4. The van der Waals surface area contributed by atoms with Crippen molar-refractivity contribution in [1.29, 1.82) is 0 Å². The molecule has 0 aliphatic carbocycles. The van der Waals surface area contributed by atoms with Crippen LogP contribution in [0.5, 0.6) is 5.75 Å². The van der Waals surface area contributed by atoms with Gasteiger partial charge in [0.2, 0.25) is 0 Å². The van der Waals surface area contributed by atoms with Crippen LogP contribution >= 0.6 is 15.9 Å². The topological polar surface area (TPSA) is 132 Å². The van der Waals surface area contributed by atoms with E-state index in [0.717, 1.165) is 10.5 Å². The first-order chi connectivity index (χ1) is 16.1. The highest BCUT2D eigenvalue weighted by atomic mass is 79.9. The lowest BCUT2D eigenvalue weighted by Gasteiger charge is -2.14. The first kappa shape index (κ1) is 23.8. The van der Waals surface area contributed by atoms with Crippen LogP contribution in [0.15, 0.2) is 96.3 Å². The van der Waals surface area contributed by atoms with Crippen LogP contribution in [0.2, 0.25) is 0 Å². The van der Waals surface area contributed by atoms with Gasteiger partial charge in [-0.3, -0.25) is 9.44 Å². The maximum Gasteiger partial charge on any atom is 0.336 e. The van der Waals surface area contributed by atoms with Crippen molar-refractivity contribution in [2.24, 2.45) is 0 Å². The van der Waals surface area contributed by atoms with Crippen molar-refractivity contribution in [3.8, 4) is 5.75 Å². The summed E-state index contributed by atoms with van der Waals surface area (Å²) in [5, 5.41) is 0.416. The van der Waals surface area contributed by atoms with E-state index >= 15 is 0 Å². The molecule has 3 aromatic carbocycles. The van der Waals surface area contributed by atoms with Gasteiger partial charge in [0, 0.05) is 21.6 Å². The SMILES string of the molecule is COc1ccc(NS(=O)(=O)c2ccc3oc(=O)ccc3c2)cc1S(=O)(=O)Nc1ccc(Br)cc1. The fraction of sp³-hybridized carbons (Fsp3) is 0.0455. The molecule has 0 unspecified atom stereocenters. The Morgan fingerprint density at radius 3 is 2.18 bits per heavy atom. The molecule has 34 heavy (non-hydrogen) atoms. The summed E-state index contributed by atoms with van der Waals surface area (Å²) in [6.07, 6.45) is 0. The monoisotopic (exact) mass is 564 g/mol. The third-order valence-electron chi connectivity index (χ3n) is 4.70. The van der Waals surface area contributed by atoms with Crippen molar-refractivity contribution in [3.63, 3.8) is 0 Å². The Labute approximate surface area is 203 Å². The minimum Gasteiger partial charge on any atom is -0.495 e. The summed E-state index contributed by atoms with van der Waals surface area (Å²) in [6, 6.07) is 17.0. The molecular formula is C22H17BrN2O7S2. The number of nitrogens with one attached hydrogen (secondary N) is 2. The second-order valence-corrected chi connectivity index (χ2v) is 11.3. The zero-order valence-corrected chi connectivity index (χ0v) is 20.7. The van der Waals surface area contributed by atoms with Crippen molar-refractivity contribution >= 4 is 58.3 Å². The lowest BCUT2D eigenvalue weighted by molar-refractivity contribution is 0.403. The third kappa shape index (κ3) is 5.08. The summed E-state index contributed by atoms with van der Waals surface area (Å²) in [5.74, 6) is 0.0355. The molecule has 0 saturated heterocycles. The highest BCUT2D eigenvalue weighted by Crippen LogP contribution is 2.30. The first-order valence-electron chi connectivity index (χ1n) is 9.61. The maximum absolute atomic E-state index is 13.0. The standard InChI is InChI=1S/C22H17BrN2O7S2/c1-31-20-9-7-17(13-21(20)34(29,30)24-16-5-3-15(23)4-6-16)25-33(27,28)18-8-10-19-14(12-18)2-11-22(26)32-19/h2-13,24-25H,1H3. The van der Waals surface area contributed by atoms with Gasteiger partial charge < -0.3 is 9.15 Å². The molecule has 0 saturated carbocycles. The van der Waals surface area contributed by atoms with Gasteiger partial charge in [-0.1, -0.05) is 15.9 Å². The average Bonchev–Trinajstić information content (AvgIpc) is 2.79. The fourth-order valence-electron chi connectivity index (χ4n) is 3.11. The molecule has 12 heteroatoms. The van der Waals surface area contributed by atoms with Crippen LogP contribution in [0.4, 0.5) is 11.4 Å². The van der Waals surface area contributed by atoms with E-state index in [0.29, 0.717) is 11.1 Å². The normalized spacial score (nSPS) is 11.8. The Hall–Kier alpha value is -3.35. The zero-order chi connectivity index (χ0) is 24.5. The van der Waals surface area contributed by atoms with Gasteiger partial charge in [-0.05, 0) is 66.7 Å². The number of halogens is 1. The Morgan fingerprint density at radius 2 is 1.47 bits per heavy atom. The third-order valence-corrected chi connectivity index (χ3v) is 8.01. The van der Waals surface area contributed by atoms with Gasteiger partial charge in [0.15, 0.2) is 0 Å². The lowest BCUT2D eigenvalue weighted by atomic mass is 10.2. The number of ether oxygens (including phenoxy) is 1. The van der Waals surface area contributed by atoms with Crippen molar-refractivity contribution in [3.05, 3.63) is 87.7 Å². The molecule has 1 aromatic heterocycles. The molecule has 2 N–H and O–H groups in total. The molecule has 0 atom stereocenters. The van der Waals surface area contributed by atoms with Crippen LogP contribution in [0.1, 0.15) is 0 Å².